The molecule has 4 aromatic rings. The molecule has 6 nitrogen and oxygen atoms in total. The summed E-state index contributed by atoms with van der Waals surface area (Å²) < 4.78 is 6.61. The highest BCUT2D eigenvalue weighted by molar-refractivity contribution is 7.13. The van der Waals surface area contributed by atoms with Crippen molar-refractivity contribution in [3.8, 4) is 10.6 Å². The highest BCUT2D eigenvalue weighted by Gasteiger charge is 2.14. The van der Waals surface area contributed by atoms with E-state index in [1.165, 1.54) is 28.0 Å². The number of carbonyl (C=O) groups is 1. The van der Waals surface area contributed by atoms with Crippen LogP contribution in [0.4, 0.5) is 0 Å². The maximum atomic E-state index is 12.3. The van der Waals surface area contributed by atoms with Gasteiger partial charge in [-0.2, -0.15) is 0 Å². The van der Waals surface area contributed by atoms with E-state index in [0.717, 1.165) is 16.1 Å². The van der Waals surface area contributed by atoms with E-state index in [1.807, 2.05) is 31.2 Å². The van der Waals surface area contributed by atoms with Gasteiger partial charge in [-0.15, -0.1) is 11.3 Å². The predicted molar refractivity (Wildman–Crippen MR) is 108 cm³/mol. The maximum absolute atomic E-state index is 12.3. The van der Waals surface area contributed by atoms with Gasteiger partial charge in [-0.05, 0) is 19.1 Å². The van der Waals surface area contributed by atoms with Crippen molar-refractivity contribution in [2.24, 2.45) is 0 Å². The fourth-order valence-electron chi connectivity index (χ4n) is 2.61. The van der Waals surface area contributed by atoms with Crippen LogP contribution in [0.5, 0.6) is 0 Å². The Bertz CT molecular complexity index is 1230. The van der Waals surface area contributed by atoms with Gasteiger partial charge in [-0.1, -0.05) is 41.4 Å². The van der Waals surface area contributed by atoms with Crippen molar-refractivity contribution in [3.63, 3.8) is 0 Å². The molecule has 0 amide bonds. The molecule has 3 heterocycles. The van der Waals surface area contributed by atoms with Crippen LogP contribution in [0.15, 0.2) is 58.8 Å². The van der Waals surface area contributed by atoms with Crippen LogP contribution in [0.1, 0.15) is 21.7 Å². The highest BCUT2D eigenvalue weighted by atomic mass is 35.5. The van der Waals surface area contributed by atoms with Crippen LogP contribution in [0.3, 0.4) is 0 Å². The van der Waals surface area contributed by atoms with Gasteiger partial charge in [0.1, 0.15) is 17.3 Å². The summed E-state index contributed by atoms with van der Waals surface area (Å²) in [6.07, 6.45) is 1.49. The van der Waals surface area contributed by atoms with Gasteiger partial charge >= 0.3 is 5.97 Å². The van der Waals surface area contributed by atoms with E-state index in [2.05, 4.69) is 9.97 Å². The minimum atomic E-state index is -0.562. The fourth-order valence-corrected chi connectivity index (χ4v) is 3.57. The molecule has 1 aromatic carbocycles. The number of pyridine rings is 1. The second-order valence-electron chi connectivity index (χ2n) is 6.14. The number of esters is 1. The van der Waals surface area contributed by atoms with Gasteiger partial charge in [0, 0.05) is 23.2 Å². The first-order valence-electron chi connectivity index (χ1n) is 8.37. The van der Waals surface area contributed by atoms with Crippen molar-refractivity contribution in [1.29, 1.82) is 0 Å². The average molecular weight is 412 g/mol. The van der Waals surface area contributed by atoms with Gasteiger partial charge in [-0.25, -0.2) is 14.8 Å². The van der Waals surface area contributed by atoms with Crippen LogP contribution >= 0.6 is 22.9 Å². The molecule has 0 fully saturated rings. The Morgan fingerprint density at radius 1 is 1.18 bits per heavy atom. The van der Waals surface area contributed by atoms with E-state index in [0.29, 0.717) is 16.4 Å². The molecule has 0 bridgehead atoms. The molecule has 140 valence electrons. The third kappa shape index (κ3) is 3.81. The third-order valence-electron chi connectivity index (χ3n) is 4.04. The first-order valence-corrected chi connectivity index (χ1v) is 9.63. The van der Waals surface area contributed by atoms with Gasteiger partial charge in [0.25, 0.3) is 5.56 Å². The molecule has 0 aliphatic carbocycles. The largest absolute Gasteiger partial charge is 0.454 e. The third-order valence-corrected chi connectivity index (χ3v) is 5.15. The van der Waals surface area contributed by atoms with Crippen molar-refractivity contribution < 1.29 is 9.53 Å². The van der Waals surface area contributed by atoms with Crippen LogP contribution in [-0.2, 0) is 11.3 Å². The normalized spacial score (nSPS) is 10.9. The summed E-state index contributed by atoms with van der Waals surface area (Å²) >= 11 is 7.26. The number of ether oxygens (including phenoxy) is 1. The number of halogens is 1. The number of hydrogen-bond acceptors (Lipinski definition) is 6. The second kappa shape index (κ2) is 7.53. The number of rotatable bonds is 4. The Labute approximate surface area is 169 Å². The van der Waals surface area contributed by atoms with Gasteiger partial charge in [0.05, 0.1) is 10.7 Å². The quantitative estimate of drug-likeness (QED) is 0.472. The molecule has 0 aliphatic rings. The zero-order valence-electron chi connectivity index (χ0n) is 14.8. The van der Waals surface area contributed by atoms with Crippen LogP contribution in [0.2, 0.25) is 5.02 Å². The SMILES string of the molecule is Cc1ccc(-c2nc(C(=O)OCc3cc(=O)n4cc(Cl)ccc4n3)cs2)cc1. The number of aromatic nitrogens is 3. The van der Waals surface area contributed by atoms with Gasteiger partial charge in [0.2, 0.25) is 0 Å². The number of thiazole rings is 1. The lowest BCUT2D eigenvalue weighted by molar-refractivity contribution is 0.0462. The van der Waals surface area contributed by atoms with Crippen LogP contribution in [0, 0.1) is 6.92 Å². The van der Waals surface area contributed by atoms with Crippen LogP contribution in [0.25, 0.3) is 16.2 Å². The Kier molecular flexibility index (Phi) is 4.93. The molecule has 0 atom stereocenters. The Morgan fingerprint density at radius 3 is 2.75 bits per heavy atom. The number of carbonyl (C=O) groups excluding carboxylic acids is 1. The molecule has 0 aliphatic heterocycles. The van der Waals surface area contributed by atoms with Gasteiger partial charge in [-0.3, -0.25) is 9.20 Å². The van der Waals surface area contributed by atoms with Crippen LogP contribution in [-0.4, -0.2) is 20.3 Å². The average Bonchev–Trinajstić information content (AvgIpc) is 3.17. The standard InChI is InChI=1S/C20H14ClN3O3S/c1-12-2-4-13(5-3-12)19-23-16(11-28-19)20(26)27-10-15-8-18(25)24-9-14(21)6-7-17(24)22-15/h2-9,11H,10H2,1H3. The molecule has 0 unspecified atom stereocenters. The van der Waals surface area contributed by atoms with E-state index in [9.17, 15) is 9.59 Å². The summed E-state index contributed by atoms with van der Waals surface area (Å²) in [7, 11) is 0. The summed E-state index contributed by atoms with van der Waals surface area (Å²) in [4.78, 5) is 33.1. The minimum absolute atomic E-state index is 0.120. The Balaban J connectivity index is 1.49. The predicted octanol–water partition coefficient (Wildman–Crippen LogP) is 4.14. The van der Waals surface area contributed by atoms with E-state index < -0.39 is 5.97 Å². The Morgan fingerprint density at radius 2 is 1.96 bits per heavy atom. The monoisotopic (exact) mass is 411 g/mol. The molecule has 0 N–H and O–H groups in total. The maximum Gasteiger partial charge on any atom is 0.358 e. The van der Waals surface area contributed by atoms with Crippen molar-refractivity contribution in [2.75, 3.05) is 0 Å². The minimum Gasteiger partial charge on any atom is -0.454 e. The molecule has 0 radical (unpaired) electrons. The van der Waals surface area contributed by atoms with E-state index >= 15 is 0 Å². The summed E-state index contributed by atoms with van der Waals surface area (Å²) in [6.45, 7) is 1.89. The second-order valence-corrected chi connectivity index (χ2v) is 7.44. The zero-order chi connectivity index (χ0) is 19.7. The Hall–Kier alpha value is -3.03. The topological polar surface area (TPSA) is 73.6 Å². The van der Waals surface area contributed by atoms with Crippen molar-refractivity contribution in [1.82, 2.24) is 14.4 Å². The first-order chi connectivity index (χ1) is 13.5. The number of fused-ring (bicyclic) bond motifs is 1. The van der Waals surface area contributed by atoms with E-state index in [-0.39, 0.29) is 17.9 Å². The lowest BCUT2D eigenvalue weighted by atomic mass is 10.2. The van der Waals surface area contributed by atoms with Crippen LogP contribution < -0.4 is 5.56 Å². The fraction of sp³-hybridized carbons (Fsp3) is 0.100. The lowest BCUT2D eigenvalue weighted by Crippen LogP contribution is -2.16. The first kappa shape index (κ1) is 18.3. The number of nitrogens with zero attached hydrogens (tertiary/aromatic N) is 3. The zero-order valence-corrected chi connectivity index (χ0v) is 16.3. The van der Waals surface area contributed by atoms with E-state index in [4.69, 9.17) is 16.3 Å². The summed E-state index contributed by atoms with van der Waals surface area (Å²) in [5.41, 5.74) is 2.81. The molecule has 3 aromatic heterocycles. The molecule has 0 saturated heterocycles. The molecule has 0 spiro atoms. The molecule has 0 saturated carbocycles. The molecular weight excluding hydrogens is 398 g/mol. The summed E-state index contributed by atoms with van der Waals surface area (Å²) in [5, 5.41) is 2.83. The van der Waals surface area contributed by atoms with E-state index in [1.54, 1.807) is 17.5 Å². The number of benzene rings is 1. The highest BCUT2D eigenvalue weighted by Crippen LogP contribution is 2.24. The number of hydrogen-bond donors (Lipinski definition) is 0. The molecule has 4 rings (SSSR count). The smallest absolute Gasteiger partial charge is 0.358 e. The van der Waals surface area contributed by atoms with Crippen molar-refractivity contribution in [2.45, 2.75) is 13.5 Å². The summed E-state index contributed by atoms with van der Waals surface area (Å²) in [5.74, 6) is -0.562. The summed E-state index contributed by atoms with van der Waals surface area (Å²) in [6, 6.07) is 12.5. The van der Waals surface area contributed by atoms with Gasteiger partial charge < -0.3 is 4.74 Å². The number of aryl methyl sites for hydroxylation is 1. The lowest BCUT2D eigenvalue weighted by Gasteiger charge is -2.05. The van der Waals surface area contributed by atoms with Crippen molar-refractivity contribution >= 4 is 34.6 Å². The molecule has 28 heavy (non-hydrogen) atoms. The molecule has 8 heteroatoms. The molecular formula is C20H14ClN3O3S. The van der Waals surface area contributed by atoms with Crippen molar-refractivity contribution in [3.05, 3.63) is 86.4 Å². The van der Waals surface area contributed by atoms with Gasteiger partial charge in [0.15, 0.2) is 5.69 Å².